The van der Waals surface area contributed by atoms with E-state index in [4.69, 9.17) is 5.73 Å². The van der Waals surface area contributed by atoms with E-state index in [-0.39, 0.29) is 28.9 Å². The highest BCUT2D eigenvalue weighted by molar-refractivity contribution is 6.00. The molecule has 20 heavy (non-hydrogen) atoms. The van der Waals surface area contributed by atoms with E-state index in [1.54, 1.807) is 6.07 Å². The first-order chi connectivity index (χ1) is 9.58. The molecule has 3 rings (SSSR count). The molecule has 1 aromatic carbocycles. The number of benzene rings is 1. The van der Waals surface area contributed by atoms with Gasteiger partial charge in [-0.15, -0.1) is 0 Å². The number of amides is 1. The number of hydrogen-bond acceptors (Lipinski definition) is 4. The van der Waals surface area contributed by atoms with E-state index in [0.29, 0.717) is 11.8 Å². The topological polar surface area (TPSA) is 98.3 Å². The average Bonchev–Trinajstić information content (AvgIpc) is 3.28. The van der Waals surface area contributed by atoms with E-state index >= 15 is 0 Å². The third-order valence-electron chi connectivity index (χ3n) is 4.05. The minimum Gasteiger partial charge on any atom is -0.393 e. The van der Waals surface area contributed by atoms with E-state index in [1.165, 1.54) is 12.1 Å². The molecule has 0 heterocycles. The highest BCUT2D eigenvalue weighted by Gasteiger charge is 2.42. The van der Waals surface area contributed by atoms with Crippen LogP contribution in [0.25, 0.3) is 0 Å². The molecule has 0 radical (unpaired) electrons. The number of carbonyl (C=O) groups is 1. The lowest BCUT2D eigenvalue weighted by Gasteiger charge is -2.17. The molecule has 0 bridgehead atoms. The van der Waals surface area contributed by atoms with Gasteiger partial charge in [0.25, 0.3) is 5.91 Å². The Kier molecular flexibility index (Phi) is 3.08. The maximum Gasteiger partial charge on any atom is 0.304 e. The summed E-state index contributed by atoms with van der Waals surface area (Å²) in [7, 11) is 0. The summed E-state index contributed by atoms with van der Waals surface area (Å²) in [4.78, 5) is 22.8. The fraction of sp³-hybridized carbons (Fsp3) is 0.500. The molecule has 2 aliphatic rings. The molecule has 2 aliphatic carbocycles. The molecule has 1 amide bonds. The molecule has 6 nitrogen and oxygen atoms in total. The zero-order valence-corrected chi connectivity index (χ0v) is 11.0. The number of anilines is 1. The first-order valence-electron chi connectivity index (χ1n) is 6.91. The molecular formula is C14H17N3O3. The fourth-order valence-electron chi connectivity index (χ4n) is 2.71. The summed E-state index contributed by atoms with van der Waals surface area (Å²) < 4.78 is 0. The molecule has 3 N–H and O–H groups in total. The molecule has 0 unspecified atom stereocenters. The zero-order valence-electron chi connectivity index (χ0n) is 11.0. The maximum absolute atomic E-state index is 12.3. The van der Waals surface area contributed by atoms with Crippen molar-refractivity contribution < 1.29 is 9.72 Å². The van der Waals surface area contributed by atoms with Gasteiger partial charge in [-0.25, -0.2) is 0 Å². The highest BCUT2D eigenvalue weighted by atomic mass is 16.6. The Morgan fingerprint density at radius 3 is 2.40 bits per heavy atom. The van der Waals surface area contributed by atoms with Crippen LogP contribution >= 0.6 is 0 Å². The molecule has 1 aromatic rings. The Hall–Kier alpha value is -2.11. The minimum atomic E-state index is -0.590. The number of carbonyl (C=O) groups excluding carboxylic acids is 1. The number of nitrogen functional groups attached to an aromatic ring is 1. The molecule has 0 spiro atoms. The number of nitrogens with two attached hydrogens (primary N) is 1. The van der Waals surface area contributed by atoms with Crippen LogP contribution in [0.3, 0.4) is 0 Å². The minimum absolute atomic E-state index is 0.0250. The van der Waals surface area contributed by atoms with Crippen molar-refractivity contribution in [3.05, 3.63) is 33.9 Å². The number of nitrogens with zero attached hydrogens (tertiary/aromatic N) is 1. The van der Waals surface area contributed by atoms with E-state index in [9.17, 15) is 14.9 Å². The van der Waals surface area contributed by atoms with Gasteiger partial charge >= 0.3 is 5.69 Å². The van der Waals surface area contributed by atoms with E-state index < -0.39 is 4.92 Å². The predicted octanol–water partition coefficient (Wildman–Crippen LogP) is 2.10. The lowest BCUT2D eigenvalue weighted by molar-refractivity contribution is -0.384. The molecule has 0 aliphatic heterocycles. The summed E-state index contributed by atoms with van der Waals surface area (Å²) in [6.07, 6.45) is 4.56. The number of nitrogens with one attached hydrogen (secondary N) is 1. The molecule has 2 fully saturated rings. The van der Waals surface area contributed by atoms with Crippen LogP contribution < -0.4 is 11.1 Å². The van der Waals surface area contributed by atoms with Gasteiger partial charge in [0.1, 0.15) is 11.3 Å². The van der Waals surface area contributed by atoms with Gasteiger partial charge < -0.3 is 11.1 Å². The van der Waals surface area contributed by atoms with E-state index in [1.807, 2.05) is 0 Å². The molecule has 0 atom stereocenters. The Bertz CT molecular complexity index is 553. The van der Waals surface area contributed by atoms with Crippen molar-refractivity contribution in [2.75, 3.05) is 5.73 Å². The van der Waals surface area contributed by atoms with Crippen molar-refractivity contribution in [3.63, 3.8) is 0 Å². The summed E-state index contributed by atoms with van der Waals surface area (Å²) in [5.41, 5.74) is 5.40. The van der Waals surface area contributed by atoms with Crippen LogP contribution in [0.15, 0.2) is 18.2 Å². The Morgan fingerprint density at radius 1 is 1.30 bits per heavy atom. The van der Waals surface area contributed by atoms with Crippen molar-refractivity contribution in [3.8, 4) is 0 Å². The summed E-state index contributed by atoms with van der Waals surface area (Å²) in [5.74, 6) is 0.714. The number of nitro groups is 1. The SMILES string of the molecule is Nc1cccc(C(=O)NC(C2CC2)C2CC2)c1[N+](=O)[O-]. The van der Waals surface area contributed by atoms with Crippen LogP contribution in [0.2, 0.25) is 0 Å². The van der Waals surface area contributed by atoms with Crippen molar-refractivity contribution in [2.45, 2.75) is 31.7 Å². The van der Waals surface area contributed by atoms with Gasteiger partial charge in [0.05, 0.1) is 4.92 Å². The van der Waals surface area contributed by atoms with Gasteiger partial charge in [0.2, 0.25) is 0 Å². The Morgan fingerprint density at radius 2 is 1.90 bits per heavy atom. The van der Waals surface area contributed by atoms with Crippen LogP contribution in [0.1, 0.15) is 36.0 Å². The fourth-order valence-corrected chi connectivity index (χ4v) is 2.71. The summed E-state index contributed by atoms with van der Waals surface area (Å²) in [6, 6.07) is 4.64. The summed E-state index contributed by atoms with van der Waals surface area (Å²) >= 11 is 0. The third-order valence-corrected chi connectivity index (χ3v) is 4.05. The number of hydrogen-bond donors (Lipinski definition) is 2. The standard InChI is InChI=1S/C14H17N3O3/c15-11-3-1-2-10(13(11)17(19)20)14(18)16-12(8-4-5-8)9-6-7-9/h1-3,8-9,12H,4-7,15H2,(H,16,18). The molecule has 0 aromatic heterocycles. The highest BCUT2D eigenvalue weighted by Crippen LogP contribution is 2.44. The van der Waals surface area contributed by atoms with E-state index in [0.717, 1.165) is 25.7 Å². The van der Waals surface area contributed by atoms with Crippen LogP contribution in [-0.4, -0.2) is 16.9 Å². The monoisotopic (exact) mass is 275 g/mol. The van der Waals surface area contributed by atoms with Gasteiger partial charge in [0, 0.05) is 6.04 Å². The smallest absolute Gasteiger partial charge is 0.304 e. The second-order valence-electron chi connectivity index (χ2n) is 5.67. The largest absolute Gasteiger partial charge is 0.393 e. The average molecular weight is 275 g/mol. The lowest BCUT2D eigenvalue weighted by atomic mass is 10.1. The van der Waals surface area contributed by atoms with Gasteiger partial charge in [-0.2, -0.15) is 0 Å². The summed E-state index contributed by atoms with van der Waals surface area (Å²) in [5, 5.41) is 14.1. The Labute approximate surface area is 116 Å². The van der Waals surface area contributed by atoms with Gasteiger partial charge in [-0.3, -0.25) is 14.9 Å². The third kappa shape index (κ3) is 2.45. The van der Waals surface area contributed by atoms with Crippen molar-refractivity contribution in [2.24, 2.45) is 11.8 Å². The van der Waals surface area contributed by atoms with Crippen molar-refractivity contribution in [1.82, 2.24) is 5.32 Å². The summed E-state index contributed by atoms with van der Waals surface area (Å²) in [6.45, 7) is 0. The van der Waals surface area contributed by atoms with Crippen LogP contribution in [0, 0.1) is 22.0 Å². The van der Waals surface area contributed by atoms with Crippen LogP contribution in [0.4, 0.5) is 11.4 Å². The number of nitro benzene ring substituents is 1. The van der Waals surface area contributed by atoms with Crippen LogP contribution in [0.5, 0.6) is 0 Å². The second-order valence-corrected chi connectivity index (χ2v) is 5.67. The first kappa shape index (κ1) is 12.9. The number of para-hydroxylation sites is 1. The Balaban J connectivity index is 1.83. The second kappa shape index (κ2) is 4.77. The number of rotatable bonds is 5. The molecule has 6 heteroatoms. The predicted molar refractivity (Wildman–Crippen MR) is 74.2 cm³/mol. The van der Waals surface area contributed by atoms with Crippen molar-refractivity contribution in [1.29, 1.82) is 0 Å². The van der Waals surface area contributed by atoms with E-state index in [2.05, 4.69) is 5.32 Å². The van der Waals surface area contributed by atoms with Gasteiger partial charge in [-0.05, 0) is 49.7 Å². The van der Waals surface area contributed by atoms with Gasteiger partial charge in [0.15, 0.2) is 0 Å². The van der Waals surface area contributed by atoms with Crippen molar-refractivity contribution >= 4 is 17.3 Å². The lowest BCUT2D eigenvalue weighted by Crippen LogP contribution is -2.38. The van der Waals surface area contributed by atoms with Gasteiger partial charge in [-0.1, -0.05) is 6.07 Å². The quantitative estimate of drug-likeness (QED) is 0.488. The molecular weight excluding hydrogens is 258 g/mol. The maximum atomic E-state index is 12.3. The molecule has 0 saturated heterocycles. The zero-order chi connectivity index (χ0) is 14.3. The van der Waals surface area contributed by atoms with Crippen LogP contribution in [-0.2, 0) is 0 Å². The first-order valence-corrected chi connectivity index (χ1v) is 6.91. The molecule has 2 saturated carbocycles. The normalized spacial score (nSPS) is 18.1. The molecule has 106 valence electrons.